The molecule has 1 N–H and O–H groups in total. The highest BCUT2D eigenvalue weighted by Crippen LogP contribution is 2.19. The Morgan fingerprint density at radius 1 is 1.41 bits per heavy atom. The van der Waals surface area contributed by atoms with E-state index in [1.807, 2.05) is 0 Å². The van der Waals surface area contributed by atoms with Gasteiger partial charge in [-0.15, -0.1) is 0 Å². The smallest absolute Gasteiger partial charge is 0.225 e. The second kappa shape index (κ2) is 4.46. The van der Waals surface area contributed by atoms with Gasteiger partial charge in [0.2, 0.25) is 15.0 Å². The second-order valence-corrected chi connectivity index (χ2v) is 5.73. The lowest BCUT2D eigenvalue weighted by atomic mass is 10.2. The molecule has 17 heavy (non-hydrogen) atoms. The highest BCUT2D eigenvalue weighted by atomic mass is 35.5. The Hall–Kier alpha value is -1.40. The van der Waals surface area contributed by atoms with E-state index in [0.29, 0.717) is 0 Å². The molecule has 0 aliphatic heterocycles. The quantitative estimate of drug-likeness (QED) is 0.933. The molecule has 0 saturated heterocycles. The fourth-order valence-electron chi connectivity index (χ4n) is 1.35. The zero-order valence-electron chi connectivity index (χ0n) is 8.52. The lowest BCUT2D eigenvalue weighted by Crippen LogP contribution is -2.08. The van der Waals surface area contributed by atoms with Gasteiger partial charge in [-0.3, -0.25) is 0 Å². The van der Waals surface area contributed by atoms with Crippen LogP contribution in [-0.2, 0) is 15.6 Å². The van der Waals surface area contributed by atoms with E-state index in [9.17, 15) is 12.8 Å². The van der Waals surface area contributed by atoms with E-state index in [0.717, 1.165) is 6.07 Å². The zero-order valence-corrected chi connectivity index (χ0v) is 10.1. The summed E-state index contributed by atoms with van der Waals surface area (Å²) in [6, 6.07) is 3.78. The van der Waals surface area contributed by atoms with Crippen LogP contribution < -0.4 is 0 Å². The molecule has 0 aliphatic rings. The number of H-pyrrole nitrogens is 1. The van der Waals surface area contributed by atoms with E-state index in [1.54, 1.807) is 0 Å². The fraction of sp³-hybridized carbons (Fsp3) is 0.100. The van der Waals surface area contributed by atoms with Crippen LogP contribution in [0, 0.1) is 5.82 Å². The Labute approximate surface area is 102 Å². The first-order valence-corrected chi connectivity index (χ1v) is 6.68. The molecule has 1 heterocycles. The van der Waals surface area contributed by atoms with Gasteiger partial charge in [0.15, 0.2) is 0 Å². The molecule has 90 valence electrons. The number of imidazole rings is 1. The molecule has 0 unspecified atom stereocenters. The van der Waals surface area contributed by atoms with E-state index in [-0.39, 0.29) is 15.7 Å². The van der Waals surface area contributed by atoms with Crippen molar-refractivity contribution in [2.75, 3.05) is 0 Å². The summed E-state index contributed by atoms with van der Waals surface area (Å²) >= 11 is 5.69. The largest absolute Gasteiger partial charge is 0.336 e. The molecule has 2 rings (SSSR count). The molecule has 1 aromatic carbocycles. The van der Waals surface area contributed by atoms with Gasteiger partial charge >= 0.3 is 0 Å². The molecular formula is C10H8ClFN2O2S. The number of rotatable bonds is 3. The highest BCUT2D eigenvalue weighted by molar-refractivity contribution is 7.90. The predicted octanol–water partition coefficient (Wildman–Crippen LogP) is 2.18. The Kier molecular flexibility index (Phi) is 3.17. The molecule has 7 heteroatoms. The van der Waals surface area contributed by atoms with Gasteiger partial charge in [0.25, 0.3) is 0 Å². The fourth-order valence-corrected chi connectivity index (χ4v) is 2.78. The summed E-state index contributed by atoms with van der Waals surface area (Å²) < 4.78 is 37.0. The van der Waals surface area contributed by atoms with Crippen LogP contribution >= 0.6 is 11.6 Å². The van der Waals surface area contributed by atoms with E-state index in [2.05, 4.69) is 9.97 Å². The maximum absolute atomic E-state index is 13.4. The summed E-state index contributed by atoms with van der Waals surface area (Å²) in [6.45, 7) is 0. The van der Waals surface area contributed by atoms with Crippen LogP contribution in [0.5, 0.6) is 0 Å². The monoisotopic (exact) mass is 274 g/mol. The van der Waals surface area contributed by atoms with Crippen molar-refractivity contribution in [2.45, 2.75) is 10.9 Å². The third-order valence-corrected chi connectivity index (χ3v) is 3.86. The molecule has 0 fully saturated rings. The van der Waals surface area contributed by atoms with Crippen LogP contribution in [0.2, 0.25) is 5.02 Å². The highest BCUT2D eigenvalue weighted by Gasteiger charge is 2.20. The number of halogens is 2. The Balaban J connectivity index is 2.36. The van der Waals surface area contributed by atoms with E-state index < -0.39 is 21.4 Å². The van der Waals surface area contributed by atoms with Crippen LogP contribution in [-0.4, -0.2) is 18.4 Å². The van der Waals surface area contributed by atoms with E-state index >= 15 is 0 Å². The maximum Gasteiger partial charge on any atom is 0.225 e. The minimum Gasteiger partial charge on any atom is -0.336 e. The molecule has 4 nitrogen and oxygen atoms in total. The SMILES string of the molecule is O=S(=O)(Cc1cc(Cl)ccc1F)c1ncc[nH]1. The van der Waals surface area contributed by atoms with Crippen LogP contribution in [0.1, 0.15) is 5.56 Å². The Morgan fingerprint density at radius 3 is 2.82 bits per heavy atom. The van der Waals surface area contributed by atoms with Gasteiger partial charge in [0, 0.05) is 23.0 Å². The van der Waals surface area contributed by atoms with Crippen molar-refractivity contribution in [3.63, 3.8) is 0 Å². The van der Waals surface area contributed by atoms with Crippen molar-refractivity contribution in [2.24, 2.45) is 0 Å². The first-order valence-electron chi connectivity index (χ1n) is 4.65. The minimum atomic E-state index is -3.67. The summed E-state index contributed by atoms with van der Waals surface area (Å²) in [7, 11) is -3.67. The number of hydrogen-bond donors (Lipinski definition) is 1. The Morgan fingerprint density at radius 2 is 2.18 bits per heavy atom. The van der Waals surface area contributed by atoms with E-state index in [4.69, 9.17) is 11.6 Å². The first-order chi connectivity index (χ1) is 7.99. The van der Waals surface area contributed by atoms with Crippen LogP contribution in [0.15, 0.2) is 35.7 Å². The number of nitrogens with zero attached hydrogens (tertiary/aromatic N) is 1. The topological polar surface area (TPSA) is 62.8 Å². The standard InChI is InChI=1S/C10H8ClFN2O2S/c11-8-1-2-9(12)7(5-8)6-17(15,16)10-13-3-4-14-10/h1-5H,6H2,(H,13,14). The summed E-state index contributed by atoms with van der Waals surface area (Å²) in [5.74, 6) is -1.09. The summed E-state index contributed by atoms with van der Waals surface area (Å²) in [5, 5.41) is 0.105. The van der Waals surface area contributed by atoms with Crippen molar-refractivity contribution >= 4 is 21.4 Å². The van der Waals surface area contributed by atoms with Gasteiger partial charge in [0.05, 0.1) is 5.75 Å². The molecule has 0 atom stereocenters. The molecular weight excluding hydrogens is 267 g/mol. The summed E-state index contributed by atoms with van der Waals surface area (Å²) in [5.41, 5.74) is 0.0221. The summed E-state index contributed by atoms with van der Waals surface area (Å²) in [6.07, 6.45) is 2.71. The number of sulfone groups is 1. The molecule has 1 aromatic heterocycles. The molecule has 2 aromatic rings. The molecule has 0 aliphatic carbocycles. The maximum atomic E-state index is 13.4. The lowest BCUT2D eigenvalue weighted by molar-refractivity contribution is 0.581. The van der Waals surface area contributed by atoms with Gasteiger partial charge in [-0.05, 0) is 18.2 Å². The molecule has 0 spiro atoms. The van der Waals surface area contributed by atoms with Gasteiger partial charge in [0.1, 0.15) is 5.82 Å². The first kappa shape index (κ1) is 12.1. The van der Waals surface area contributed by atoms with Crippen molar-refractivity contribution < 1.29 is 12.8 Å². The number of aromatic nitrogens is 2. The normalized spacial score (nSPS) is 11.6. The zero-order chi connectivity index (χ0) is 12.5. The van der Waals surface area contributed by atoms with Gasteiger partial charge in [-0.2, -0.15) is 0 Å². The van der Waals surface area contributed by atoms with Crippen molar-refractivity contribution in [3.8, 4) is 0 Å². The number of hydrogen-bond acceptors (Lipinski definition) is 3. The number of aromatic amines is 1. The van der Waals surface area contributed by atoms with E-state index in [1.165, 1.54) is 24.5 Å². The van der Waals surface area contributed by atoms with Crippen LogP contribution in [0.25, 0.3) is 0 Å². The number of benzene rings is 1. The number of nitrogens with one attached hydrogen (secondary N) is 1. The van der Waals surface area contributed by atoms with Gasteiger partial charge in [-0.1, -0.05) is 11.6 Å². The lowest BCUT2D eigenvalue weighted by Gasteiger charge is -2.03. The second-order valence-electron chi connectivity index (χ2n) is 3.39. The molecule has 0 radical (unpaired) electrons. The van der Waals surface area contributed by atoms with Crippen molar-refractivity contribution in [3.05, 3.63) is 47.0 Å². The van der Waals surface area contributed by atoms with Crippen molar-refractivity contribution in [1.82, 2.24) is 9.97 Å². The average molecular weight is 275 g/mol. The third kappa shape index (κ3) is 2.65. The van der Waals surface area contributed by atoms with Crippen LogP contribution in [0.3, 0.4) is 0 Å². The predicted molar refractivity (Wildman–Crippen MR) is 60.9 cm³/mol. The molecule has 0 amide bonds. The Bertz CT molecular complexity index is 626. The average Bonchev–Trinajstić information content (AvgIpc) is 2.77. The molecule has 0 bridgehead atoms. The molecule has 0 saturated carbocycles. The minimum absolute atomic E-state index is 0.0221. The summed E-state index contributed by atoms with van der Waals surface area (Å²) in [4.78, 5) is 6.11. The third-order valence-electron chi connectivity index (χ3n) is 2.12. The van der Waals surface area contributed by atoms with Crippen molar-refractivity contribution in [1.29, 1.82) is 0 Å². The van der Waals surface area contributed by atoms with Gasteiger partial charge < -0.3 is 4.98 Å². The van der Waals surface area contributed by atoms with Crippen LogP contribution in [0.4, 0.5) is 4.39 Å². The van der Waals surface area contributed by atoms with Gasteiger partial charge in [-0.25, -0.2) is 17.8 Å².